The number of thiophene rings is 2. The van der Waals surface area contributed by atoms with Gasteiger partial charge >= 0.3 is 0 Å². The van der Waals surface area contributed by atoms with Gasteiger partial charge in [0, 0.05) is 53.7 Å². The van der Waals surface area contributed by atoms with Gasteiger partial charge in [0.25, 0.3) is 0 Å². The second-order valence-electron chi connectivity index (χ2n) is 12.5. The van der Waals surface area contributed by atoms with E-state index < -0.39 is 0 Å². The van der Waals surface area contributed by atoms with Gasteiger partial charge in [-0.3, -0.25) is 0 Å². The molecule has 0 saturated heterocycles. The molecule has 4 heteroatoms. The van der Waals surface area contributed by atoms with Crippen molar-refractivity contribution in [2.24, 2.45) is 0 Å². The third kappa shape index (κ3) is 5.41. The highest BCUT2D eigenvalue weighted by molar-refractivity contribution is 7.26. The number of fused-ring (bicyclic) bond motifs is 6. The van der Waals surface area contributed by atoms with Crippen molar-refractivity contribution >= 4 is 91.5 Å². The molecule has 0 radical (unpaired) electrons. The number of allylic oxidation sites excluding steroid dienone is 2. The van der Waals surface area contributed by atoms with Crippen LogP contribution in [-0.4, -0.2) is 0 Å². The maximum absolute atomic E-state index is 4.18. The Kier molecular flexibility index (Phi) is 7.96. The minimum absolute atomic E-state index is 1.05. The normalized spacial score (nSPS) is 11.8. The van der Waals surface area contributed by atoms with Gasteiger partial charge in [-0.05, 0) is 84.8 Å². The van der Waals surface area contributed by atoms with E-state index >= 15 is 0 Å². The predicted octanol–water partition coefficient (Wildman–Crippen LogP) is 14.8. The summed E-state index contributed by atoms with van der Waals surface area (Å²) in [5, 5.41) is 5.17. The Morgan fingerprint density at radius 3 is 1.51 bits per heavy atom. The number of hydrogen-bond acceptors (Lipinski definition) is 4. The van der Waals surface area contributed by atoms with Gasteiger partial charge in [-0.1, -0.05) is 116 Å². The first-order chi connectivity index (χ1) is 25.2. The molecule has 0 amide bonds. The Morgan fingerprint density at radius 2 is 0.941 bits per heavy atom. The van der Waals surface area contributed by atoms with Crippen molar-refractivity contribution in [3.8, 4) is 11.1 Å². The summed E-state index contributed by atoms with van der Waals surface area (Å²) in [5.41, 5.74) is 9.09. The zero-order valence-electron chi connectivity index (χ0n) is 28.2. The van der Waals surface area contributed by atoms with Crippen LogP contribution in [0.5, 0.6) is 0 Å². The second-order valence-corrected chi connectivity index (χ2v) is 14.6. The molecule has 2 aromatic heterocycles. The van der Waals surface area contributed by atoms with Gasteiger partial charge in [-0.2, -0.15) is 0 Å². The van der Waals surface area contributed by atoms with E-state index in [1.165, 1.54) is 57.2 Å². The summed E-state index contributed by atoms with van der Waals surface area (Å²) in [6.07, 6.45) is 4.07. The average molecular weight is 691 g/mol. The van der Waals surface area contributed by atoms with Gasteiger partial charge in [-0.25, -0.2) is 0 Å². The fraction of sp³-hybridized carbons (Fsp3) is 0.0213. The number of nitrogens with zero attached hydrogens (tertiary/aromatic N) is 2. The van der Waals surface area contributed by atoms with E-state index in [2.05, 4.69) is 193 Å². The minimum atomic E-state index is 1.05. The molecule has 0 aliphatic carbocycles. The maximum atomic E-state index is 4.18. The summed E-state index contributed by atoms with van der Waals surface area (Å²) >= 11 is 3.70. The first-order valence-corrected chi connectivity index (χ1v) is 18.8. The van der Waals surface area contributed by atoms with Crippen LogP contribution in [0.1, 0.15) is 6.92 Å². The fourth-order valence-electron chi connectivity index (χ4n) is 7.19. The van der Waals surface area contributed by atoms with Crippen LogP contribution in [0, 0.1) is 0 Å². The molecule has 0 N–H and O–H groups in total. The number of para-hydroxylation sites is 1. The lowest BCUT2D eigenvalue weighted by Gasteiger charge is -2.27. The third-order valence-corrected chi connectivity index (χ3v) is 12.0. The van der Waals surface area contributed by atoms with Crippen LogP contribution in [0.3, 0.4) is 0 Å². The van der Waals surface area contributed by atoms with E-state index in [1.807, 2.05) is 28.7 Å². The smallest absolute Gasteiger partial charge is 0.0640 e. The second kappa shape index (κ2) is 13.1. The van der Waals surface area contributed by atoms with Crippen LogP contribution in [0.4, 0.5) is 28.4 Å². The molecule has 0 aliphatic rings. The van der Waals surface area contributed by atoms with Crippen molar-refractivity contribution in [2.75, 3.05) is 9.80 Å². The first kappa shape index (κ1) is 31.1. The molecular weight excluding hydrogens is 657 g/mol. The summed E-state index contributed by atoms with van der Waals surface area (Å²) in [7, 11) is 0. The molecule has 0 fully saturated rings. The fourth-order valence-corrected chi connectivity index (χ4v) is 9.61. The van der Waals surface area contributed by atoms with Crippen LogP contribution < -0.4 is 9.80 Å². The number of benzene rings is 7. The van der Waals surface area contributed by atoms with Crippen LogP contribution in [0.25, 0.3) is 51.5 Å². The SMILES string of the molecule is C=CC(=CC)N(c1ccc(-c2ccc(N(c3ccccc3)c3cccc4c3sc3ccccc34)cc2)cc1)c1cccc2c1sc1ccccc12. The van der Waals surface area contributed by atoms with Gasteiger partial charge in [0.1, 0.15) is 0 Å². The van der Waals surface area contributed by atoms with Crippen molar-refractivity contribution in [1.82, 2.24) is 0 Å². The van der Waals surface area contributed by atoms with Crippen molar-refractivity contribution in [2.45, 2.75) is 6.92 Å². The van der Waals surface area contributed by atoms with E-state index in [1.54, 1.807) is 0 Å². The number of hydrogen-bond donors (Lipinski definition) is 0. The Hall–Kier alpha value is -5.94. The lowest BCUT2D eigenvalue weighted by Crippen LogP contribution is -2.15. The Balaban J connectivity index is 1.09. The van der Waals surface area contributed by atoms with Gasteiger partial charge in [-0.15, -0.1) is 22.7 Å². The lowest BCUT2D eigenvalue weighted by atomic mass is 10.0. The van der Waals surface area contributed by atoms with E-state index in [9.17, 15) is 0 Å². The number of rotatable bonds is 8. The standard InChI is InChI=1S/C47H34N2S2/c1-3-34(4-2)48(42-20-12-18-40-38-16-8-10-22-44(38)50-46(40)42)36-28-24-32(25-29-36)33-26-30-37(31-27-33)49(35-14-6-5-7-15-35)43-21-13-19-41-39-17-9-11-23-45(39)51-47(41)43/h3-31H,1H2,2H3. The summed E-state index contributed by atoms with van der Waals surface area (Å²) in [6.45, 7) is 6.25. The van der Waals surface area contributed by atoms with Crippen molar-refractivity contribution in [3.05, 3.63) is 188 Å². The molecule has 9 rings (SSSR count). The van der Waals surface area contributed by atoms with Gasteiger partial charge < -0.3 is 9.80 Å². The molecule has 2 heterocycles. The zero-order valence-corrected chi connectivity index (χ0v) is 29.8. The van der Waals surface area contributed by atoms with E-state index in [4.69, 9.17) is 0 Å². The van der Waals surface area contributed by atoms with Gasteiger partial charge in [0.15, 0.2) is 0 Å². The van der Waals surface area contributed by atoms with Crippen LogP contribution in [-0.2, 0) is 0 Å². The molecule has 0 saturated carbocycles. The summed E-state index contributed by atoms with van der Waals surface area (Å²) in [4.78, 5) is 4.70. The van der Waals surface area contributed by atoms with Crippen LogP contribution in [0.15, 0.2) is 188 Å². The Bertz CT molecular complexity index is 2720. The number of anilines is 5. The van der Waals surface area contributed by atoms with Crippen LogP contribution in [0.2, 0.25) is 0 Å². The molecule has 0 spiro atoms. The summed E-state index contributed by atoms with van der Waals surface area (Å²) in [5.74, 6) is 0. The van der Waals surface area contributed by atoms with Crippen LogP contribution >= 0.6 is 22.7 Å². The van der Waals surface area contributed by atoms with Gasteiger partial charge in [0.05, 0.1) is 20.8 Å². The molecule has 0 bridgehead atoms. The Labute approximate surface area is 306 Å². The monoisotopic (exact) mass is 690 g/mol. The van der Waals surface area contributed by atoms with E-state index in [0.29, 0.717) is 0 Å². The first-order valence-electron chi connectivity index (χ1n) is 17.2. The molecule has 9 aromatic rings. The highest BCUT2D eigenvalue weighted by atomic mass is 32.1. The third-order valence-electron chi connectivity index (χ3n) is 9.61. The largest absolute Gasteiger partial charge is 0.309 e. The summed E-state index contributed by atoms with van der Waals surface area (Å²) in [6, 6.07) is 59.2. The van der Waals surface area contributed by atoms with E-state index in [0.717, 1.165) is 28.4 Å². The molecule has 0 atom stereocenters. The Morgan fingerprint density at radius 1 is 0.471 bits per heavy atom. The quantitative estimate of drug-likeness (QED) is 0.146. The molecule has 7 aromatic carbocycles. The molecule has 51 heavy (non-hydrogen) atoms. The average Bonchev–Trinajstić information content (AvgIpc) is 3.77. The zero-order chi connectivity index (χ0) is 34.3. The van der Waals surface area contributed by atoms with E-state index in [-0.39, 0.29) is 0 Å². The lowest BCUT2D eigenvalue weighted by molar-refractivity contribution is 1.22. The van der Waals surface area contributed by atoms with Gasteiger partial charge in [0.2, 0.25) is 0 Å². The maximum Gasteiger partial charge on any atom is 0.0640 e. The molecule has 0 aliphatic heterocycles. The highest BCUT2D eigenvalue weighted by Gasteiger charge is 2.20. The molecular formula is C47H34N2S2. The molecule has 2 nitrogen and oxygen atoms in total. The van der Waals surface area contributed by atoms with Crippen molar-refractivity contribution in [1.29, 1.82) is 0 Å². The van der Waals surface area contributed by atoms with Crippen molar-refractivity contribution < 1.29 is 0 Å². The molecule has 244 valence electrons. The molecule has 0 unspecified atom stereocenters. The van der Waals surface area contributed by atoms with Crippen molar-refractivity contribution in [3.63, 3.8) is 0 Å². The summed E-state index contributed by atoms with van der Waals surface area (Å²) < 4.78 is 5.16. The minimum Gasteiger partial charge on any atom is -0.309 e. The topological polar surface area (TPSA) is 6.48 Å². The highest BCUT2D eigenvalue weighted by Crippen LogP contribution is 2.46. The predicted molar refractivity (Wildman–Crippen MR) is 225 cm³/mol.